The van der Waals surface area contributed by atoms with Gasteiger partial charge in [-0.05, 0) is 42.0 Å². The highest BCUT2D eigenvalue weighted by atomic mass is 35.5. The second kappa shape index (κ2) is 11.4. The molecule has 0 spiro atoms. The maximum absolute atomic E-state index is 13.5. The van der Waals surface area contributed by atoms with E-state index >= 15 is 0 Å². The first-order chi connectivity index (χ1) is 17.7. The Morgan fingerprint density at radius 3 is 2.57 bits per heavy atom. The van der Waals surface area contributed by atoms with Gasteiger partial charge in [-0.2, -0.15) is 5.10 Å². The van der Waals surface area contributed by atoms with Gasteiger partial charge in [0.25, 0.3) is 10.0 Å². The summed E-state index contributed by atoms with van der Waals surface area (Å²) in [6.07, 6.45) is 3.43. The van der Waals surface area contributed by atoms with E-state index in [1.54, 1.807) is 41.3 Å². The molecule has 2 N–H and O–H groups in total. The van der Waals surface area contributed by atoms with Gasteiger partial charge in [-0.3, -0.25) is 14.4 Å². The van der Waals surface area contributed by atoms with Crippen LogP contribution >= 0.6 is 11.6 Å². The third kappa shape index (κ3) is 6.87. The molecule has 0 aliphatic rings. The topological polar surface area (TPSA) is 88.9 Å². The third-order valence-corrected chi connectivity index (χ3v) is 7.08. The summed E-state index contributed by atoms with van der Waals surface area (Å²) in [5.74, 6) is 0.0322. The van der Waals surface area contributed by atoms with Crippen molar-refractivity contribution in [1.82, 2.24) is 14.8 Å². The van der Waals surface area contributed by atoms with Gasteiger partial charge < -0.3 is 5.32 Å². The molecule has 7 nitrogen and oxygen atoms in total. The molecule has 0 saturated heterocycles. The van der Waals surface area contributed by atoms with E-state index in [0.717, 1.165) is 22.7 Å². The zero-order valence-corrected chi connectivity index (χ0v) is 21.8. The van der Waals surface area contributed by atoms with E-state index in [1.165, 1.54) is 18.2 Å². The first-order valence-corrected chi connectivity index (χ1v) is 13.2. The van der Waals surface area contributed by atoms with E-state index in [-0.39, 0.29) is 4.90 Å². The zero-order chi connectivity index (χ0) is 26.4. The molecule has 4 rings (SSSR count). The molecule has 0 atom stereocenters. The number of rotatable bonds is 7. The summed E-state index contributed by atoms with van der Waals surface area (Å²) in [5, 5.41) is 8.38. The number of aryl methyl sites for hydroxylation is 1. The number of sulfonamides is 1. The summed E-state index contributed by atoms with van der Waals surface area (Å²) in [6.45, 7) is 0.365. The molecule has 11 heteroatoms. The highest BCUT2D eigenvalue weighted by molar-refractivity contribution is 7.92. The number of halogens is 2. The molecule has 4 aromatic rings. The second-order valence-electron chi connectivity index (χ2n) is 8.28. The Labute approximate surface area is 221 Å². The maximum atomic E-state index is 13.5. The van der Waals surface area contributed by atoms with Gasteiger partial charge >= 0.3 is 0 Å². The summed E-state index contributed by atoms with van der Waals surface area (Å²) in [7, 11) is -0.230. The smallest absolute Gasteiger partial charge is 0.261 e. The lowest BCUT2D eigenvalue weighted by Gasteiger charge is -2.12. The Morgan fingerprint density at radius 2 is 1.78 bits per heavy atom. The van der Waals surface area contributed by atoms with Crippen LogP contribution in [0.4, 0.5) is 15.9 Å². The highest BCUT2D eigenvalue weighted by Gasteiger charge is 2.15. The molecule has 0 amide bonds. The standard InChI is InChI=1S/C26H24BClFN5O2S/c1-34-26(14-25(30-16-19(27)17-32-34)23-10-2-3-11-24(23)28)31-15-18-6-4-8-21(12-18)33-37(35,36)22-9-5-7-20(29)13-22/h2-14,16-17,31,33H,15,27H2,1H3. The van der Waals surface area contributed by atoms with Crippen LogP contribution < -0.4 is 15.5 Å². The van der Waals surface area contributed by atoms with E-state index in [9.17, 15) is 12.8 Å². The van der Waals surface area contributed by atoms with Crippen molar-refractivity contribution in [1.29, 1.82) is 0 Å². The molecule has 0 radical (unpaired) electrons. The molecule has 0 unspecified atom stereocenters. The SMILES string of the molecule is Bc1cnc(-c2ccccc2Cl)cc(NCc2cccc(NS(=O)(=O)c3cccc(F)c3)c2)n(C)nc1. The number of anilines is 2. The Balaban J connectivity index is 1.62. The Hall–Kier alpha value is -3.89. The lowest BCUT2D eigenvalue weighted by atomic mass is 10.0. The van der Waals surface area contributed by atoms with Crippen molar-refractivity contribution in [2.75, 3.05) is 10.0 Å². The van der Waals surface area contributed by atoms with Gasteiger partial charge in [-0.25, -0.2) is 12.8 Å². The Morgan fingerprint density at radius 1 is 1.00 bits per heavy atom. The van der Waals surface area contributed by atoms with Crippen LogP contribution in [-0.2, 0) is 23.6 Å². The van der Waals surface area contributed by atoms with Crippen molar-refractivity contribution >= 4 is 46.4 Å². The average Bonchev–Trinajstić information content (AvgIpc) is 2.93. The molecule has 0 saturated carbocycles. The maximum Gasteiger partial charge on any atom is 0.261 e. The van der Waals surface area contributed by atoms with Crippen LogP contribution in [-0.4, -0.2) is 31.0 Å². The van der Waals surface area contributed by atoms with Gasteiger partial charge in [0.05, 0.1) is 10.6 Å². The van der Waals surface area contributed by atoms with E-state index < -0.39 is 15.8 Å². The molecule has 1 heterocycles. The van der Waals surface area contributed by atoms with Crippen molar-refractivity contribution in [2.45, 2.75) is 11.4 Å². The van der Waals surface area contributed by atoms with Crippen LogP contribution in [0.15, 0.2) is 96.2 Å². The second-order valence-corrected chi connectivity index (χ2v) is 10.4. The molecular formula is C26H24BClFN5O2S. The predicted octanol–water partition coefficient (Wildman–Crippen LogP) is 4.07. The van der Waals surface area contributed by atoms with E-state index in [2.05, 4.69) is 20.1 Å². The fourth-order valence-corrected chi connectivity index (χ4v) is 4.79. The third-order valence-electron chi connectivity index (χ3n) is 5.37. The van der Waals surface area contributed by atoms with Crippen molar-refractivity contribution in [3.63, 3.8) is 0 Å². The van der Waals surface area contributed by atoms with Crippen LogP contribution in [0.3, 0.4) is 0 Å². The molecule has 0 fully saturated rings. The van der Waals surface area contributed by atoms with Gasteiger partial charge in [0.2, 0.25) is 0 Å². The average molecular weight is 536 g/mol. The van der Waals surface area contributed by atoms with Gasteiger partial charge in [-0.1, -0.05) is 53.5 Å². The summed E-state index contributed by atoms with van der Waals surface area (Å²) in [6, 6.07) is 21.1. The lowest BCUT2D eigenvalue weighted by molar-refractivity contribution is 0.595. The zero-order valence-electron chi connectivity index (χ0n) is 20.2. The predicted molar refractivity (Wildman–Crippen MR) is 148 cm³/mol. The largest absolute Gasteiger partial charge is 0.366 e. The van der Waals surface area contributed by atoms with E-state index in [1.807, 2.05) is 45.2 Å². The summed E-state index contributed by atoms with van der Waals surface area (Å²) in [5.41, 5.74) is 3.46. The highest BCUT2D eigenvalue weighted by Crippen LogP contribution is 2.26. The summed E-state index contributed by atoms with van der Waals surface area (Å²) < 4.78 is 43.1. The molecule has 0 aliphatic carbocycles. The van der Waals surface area contributed by atoms with Crippen molar-refractivity contribution in [2.24, 2.45) is 7.05 Å². The Bertz CT molecular complexity index is 1600. The van der Waals surface area contributed by atoms with Crippen LogP contribution in [0.1, 0.15) is 5.56 Å². The van der Waals surface area contributed by atoms with Crippen LogP contribution in [0.2, 0.25) is 5.02 Å². The molecule has 3 aromatic carbocycles. The number of nitrogens with one attached hydrogen (secondary N) is 2. The number of hydrogen-bond donors (Lipinski definition) is 2. The van der Waals surface area contributed by atoms with Gasteiger partial charge in [0.15, 0.2) is 0 Å². The number of hydrogen-bond acceptors (Lipinski definition) is 5. The monoisotopic (exact) mass is 535 g/mol. The van der Waals surface area contributed by atoms with E-state index in [0.29, 0.717) is 28.8 Å². The molecular weight excluding hydrogens is 512 g/mol. The minimum atomic E-state index is -3.94. The molecule has 37 heavy (non-hydrogen) atoms. The van der Waals surface area contributed by atoms with Crippen molar-refractivity contribution in [3.05, 3.63) is 108 Å². The van der Waals surface area contributed by atoms with Gasteiger partial charge in [0.1, 0.15) is 19.5 Å². The fraction of sp³-hybridized carbons (Fsp3) is 0.0769. The van der Waals surface area contributed by atoms with Crippen molar-refractivity contribution in [3.8, 4) is 11.3 Å². The minimum Gasteiger partial charge on any atom is -0.366 e. The van der Waals surface area contributed by atoms with E-state index in [4.69, 9.17) is 11.6 Å². The fourth-order valence-electron chi connectivity index (χ4n) is 3.47. The molecule has 0 bridgehead atoms. The van der Waals surface area contributed by atoms with Crippen LogP contribution in [0, 0.1) is 5.82 Å². The minimum absolute atomic E-state index is 0.151. The summed E-state index contributed by atoms with van der Waals surface area (Å²) >= 11 is 6.44. The summed E-state index contributed by atoms with van der Waals surface area (Å²) in [4.78, 5) is 4.47. The first kappa shape index (κ1) is 26.2. The quantitative estimate of drug-likeness (QED) is 0.348. The van der Waals surface area contributed by atoms with Crippen LogP contribution in [0.25, 0.3) is 11.3 Å². The normalized spacial score (nSPS) is 11.0. The Kier molecular flexibility index (Phi) is 8.10. The molecule has 1 aromatic heterocycles. The van der Waals surface area contributed by atoms with Crippen molar-refractivity contribution < 1.29 is 12.8 Å². The van der Waals surface area contributed by atoms with Crippen LogP contribution in [0.5, 0.6) is 0 Å². The number of aromatic nitrogens is 3. The van der Waals surface area contributed by atoms with Gasteiger partial charge in [-0.15, -0.1) is 0 Å². The molecule has 0 aliphatic heterocycles. The molecule has 188 valence electrons. The number of benzene rings is 3. The number of nitrogens with zero attached hydrogens (tertiary/aromatic N) is 3. The lowest BCUT2D eigenvalue weighted by Crippen LogP contribution is -2.13. The first-order valence-electron chi connectivity index (χ1n) is 11.3. The van der Waals surface area contributed by atoms with Gasteiger partial charge in [0, 0.05) is 48.3 Å².